The van der Waals surface area contributed by atoms with Gasteiger partial charge in [0.2, 0.25) is 5.91 Å². The Balaban J connectivity index is 1.36. The summed E-state index contributed by atoms with van der Waals surface area (Å²) in [6.45, 7) is 3.27. The van der Waals surface area contributed by atoms with E-state index in [1.165, 1.54) is 5.56 Å². The van der Waals surface area contributed by atoms with Crippen molar-refractivity contribution in [1.29, 1.82) is 0 Å². The number of aryl methyl sites for hydroxylation is 1. The highest BCUT2D eigenvalue weighted by Gasteiger charge is 2.16. The summed E-state index contributed by atoms with van der Waals surface area (Å²) in [5.74, 6) is -0.0202. The van der Waals surface area contributed by atoms with Crippen molar-refractivity contribution in [2.45, 2.75) is 26.4 Å². The number of benzene rings is 1. The Kier molecular flexibility index (Phi) is 4.98. The third-order valence-electron chi connectivity index (χ3n) is 4.45. The van der Waals surface area contributed by atoms with E-state index in [9.17, 15) is 4.79 Å². The van der Waals surface area contributed by atoms with Crippen LogP contribution in [0.3, 0.4) is 0 Å². The molecule has 0 spiro atoms. The van der Waals surface area contributed by atoms with E-state index in [4.69, 9.17) is 0 Å². The molecular formula is C21H20N4OS. The van der Waals surface area contributed by atoms with Gasteiger partial charge in [0, 0.05) is 36.4 Å². The van der Waals surface area contributed by atoms with Crippen LogP contribution in [0.1, 0.15) is 28.2 Å². The second kappa shape index (κ2) is 7.72. The molecule has 1 N–H and O–H groups in total. The van der Waals surface area contributed by atoms with E-state index in [0.29, 0.717) is 13.0 Å². The summed E-state index contributed by atoms with van der Waals surface area (Å²) < 4.78 is 2.02. The average Bonchev–Trinajstić information content (AvgIpc) is 3.41. The molecule has 0 bridgehead atoms. The lowest BCUT2D eigenvalue weighted by molar-refractivity contribution is -0.117. The molecule has 6 heteroatoms. The first-order chi connectivity index (χ1) is 13.2. The van der Waals surface area contributed by atoms with Gasteiger partial charge in [-0.25, -0.2) is 9.97 Å². The summed E-state index contributed by atoms with van der Waals surface area (Å²) in [7, 11) is 0. The molecule has 136 valence electrons. The minimum Gasteiger partial charge on any atom is -0.348 e. The molecule has 27 heavy (non-hydrogen) atoms. The van der Waals surface area contributed by atoms with Crippen molar-refractivity contribution in [1.82, 2.24) is 19.9 Å². The maximum absolute atomic E-state index is 12.5. The van der Waals surface area contributed by atoms with Crippen LogP contribution < -0.4 is 5.32 Å². The number of carbonyl (C=O) groups excluding carboxylic acids is 1. The number of nitrogens with zero attached hydrogens (tertiary/aromatic N) is 3. The average molecular weight is 376 g/mol. The number of nitrogens with one attached hydrogen (secondary N) is 1. The second-order valence-electron chi connectivity index (χ2n) is 6.52. The monoisotopic (exact) mass is 376 g/mol. The van der Waals surface area contributed by atoms with E-state index in [-0.39, 0.29) is 5.91 Å². The van der Waals surface area contributed by atoms with Crippen molar-refractivity contribution in [3.05, 3.63) is 87.9 Å². The number of allylic oxidation sites excluding steroid dienone is 3. The smallest absolute Gasteiger partial charge is 0.247 e. The molecule has 2 heterocycles. The topological polar surface area (TPSA) is 59.8 Å². The van der Waals surface area contributed by atoms with Crippen molar-refractivity contribution in [3.63, 3.8) is 0 Å². The first-order valence-electron chi connectivity index (χ1n) is 8.82. The van der Waals surface area contributed by atoms with Gasteiger partial charge in [-0.1, -0.05) is 30.3 Å². The van der Waals surface area contributed by atoms with Gasteiger partial charge in [-0.05, 0) is 36.1 Å². The zero-order valence-corrected chi connectivity index (χ0v) is 15.9. The number of carbonyl (C=O) groups is 1. The van der Waals surface area contributed by atoms with Gasteiger partial charge in [0.1, 0.15) is 0 Å². The van der Waals surface area contributed by atoms with Gasteiger partial charge in [-0.2, -0.15) is 0 Å². The number of hydrogen-bond acceptors (Lipinski definition) is 4. The lowest BCUT2D eigenvalue weighted by Crippen LogP contribution is -2.24. The zero-order chi connectivity index (χ0) is 18.6. The summed E-state index contributed by atoms with van der Waals surface area (Å²) in [5, 5.41) is 6.09. The summed E-state index contributed by atoms with van der Waals surface area (Å²) in [4.78, 5) is 21.1. The highest BCUT2D eigenvalue weighted by molar-refractivity contribution is 7.09. The molecule has 0 radical (unpaired) electrons. The molecule has 0 atom stereocenters. The highest BCUT2D eigenvalue weighted by Crippen LogP contribution is 2.27. The first-order valence-corrected chi connectivity index (χ1v) is 9.70. The number of aromatic nitrogens is 3. The van der Waals surface area contributed by atoms with Gasteiger partial charge in [-0.15, -0.1) is 11.3 Å². The highest BCUT2D eigenvalue weighted by atomic mass is 32.1. The maximum atomic E-state index is 12.5. The Morgan fingerprint density at radius 1 is 1.33 bits per heavy atom. The fraction of sp³-hybridized carbons (Fsp3) is 0.190. The molecule has 0 saturated heterocycles. The van der Waals surface area contributed by atoms with E-state index in [2.05, 4.69) is 33.5 Å². The van der Waals surface area contributed by atoms with E-state index in [1.54, 1.807) is 23.9 Å². The Bertz CT molecular complexity index is 1010. The largest absolute Gasteiger partial charge is 0.348 e. The van der Waals surface area contributed by atoms with Crippen molar-refractivity contribution in [3.8, 4) is 0 Å². The number of amides is 1. The Labute approximate surface area is 162 Å². The molecule has 1 aliphatic rings. The molecule has 0 saturated carbocycles. The normalized spacial score (nSPS) is 13.4. The molecule has 2 aromatic heterocycles. The van der Waals surface area contributed by atoms with Gasteiger partial charge in [0.05, 0.1) is 17.0 Å². The van der Waals surface area contributed by atoms with Crippen LogP contribution in [0.2, 0.25) is 0 Å². The molecule has 1 aromatic carbocycles. The predicted molar refractivity (Wildman–Crippen MR) is 107 cm³/mol. The zero-order valence-electron chi connectivity index (χ0n) is 15.1. The Hall–Kier alpha value is -2.99. The minimum absolute atomic E-state index is 0.0202. The Morgan fingerprint density at radius 2 is 2.22 bits per heavy atom. The van der Waals surface area contributed by atoms with E-state index >= 15 is 0 Å². The number of hydrogen-bond donors (Lipinski definition) is 1. The summed E-state index contributed by atoms with van der Waals surface area (Å²) in [6.07, 6.45) is 10.2. The lowest BCUT2D eigenvalue weighted by Gasteiger charge is -2.08. The van der Waals surface area contributed by atoms with Crippen molar-refractivity contribution in [2.24, 2.45) is 0 Å². The van der Waals surface area contributed by atoms with E-state index in [1.807, 2.05) is 41.3 Å². The molecule has 0 aliphatic heterocycles. The molecule has 1 aliphatic carbocycles. The van der Waals surface area contributed by atoms with Crippen LogP contribution in [0.15, 0.2) is 66.1 Å². The molecule has 0 unspecified atom stereocenters. The third kappa shape index (κ3) is 4.23. The second-order valence-corrected chi connectivity index (χ2v) is 7.58. The third-order valence-corrected chi connectivity index (χ3v) is 5.22. The maximum Gasteiger partial charge on any atom is 0.247 e. The van der Waals surface area contributed by atoms with Crippen molar-refractivity contribution >= 4 is 22.8 Å². The predicted octanol–water partition coefficient (Wildman–Crippen LogP) is 3.73. The number of thiazole rings is 1. The van der Waals surface area contributed by atoms with Gasteiger partial charge in [-0.3, -0.25) is 4.79 Å². The fourth-order valence-corrected chi connectivity index (χ4v) is 3.71. The van der Waals surface area contributed by atoms with Crippen LogP contribution in [0.25, 0.3) is 5.57 Å². The SMILES string of the molecule is Cc1nc(C2=CCC(C(=O)NCc3cccc(Cn4ccnc4)c3)=C2)cs1. The van der Waals surface area contributed by atoms with Gasteiger partial charge in [0.25, 0.3) is 0 Å². The van der Waals surface area contributed by atoms with Crippen molar-refractivity contribution < 1.29 is 4.79 Å². The molecule has 3 aromatic rings. The quantitative estimate of drug-likeness (QED) is 0.713. The van der Waals surface area contributed by atoms with E-state index in [0.717, 1.165) is 34.0 Å². The lowest BCUT2D eigenvalue weighted by atomic mass is 10.1. The minimum atomic E-state index is -0.0202. The molecule has 1 amide bonds. The summed E-state index contributed by atoms with van der Waals surface area (Å²) in [5.41, 5.74) is 5.04. The van der Waals surface area contributed by atoms with Crippen LogP contribution in [0, 0.1) is 6.92 Å². The number of rotatable bonds is 6. The van der Waals surface area contributed by atoms with Crippen LogP contribution in [-0.4, -0.2) is 20.4 Å². The van der Waals surface area contributed by atoms with E-state index < -0.39 is 0 Å². The molecule has 0 fully saturated rings. The first kappa shape index (κ1) is 17.4. The van der Waals surface area contributed by atoms with Gasteiger partial charge >= 0.3 is 0 Å². The van der Waals surface area contributed by atoms with Crippen LogP contribution in [0.4, 0.5) is 0 Å². The number of imidazole rings is 1. The van der Waals surface area contributed by atoms with Crippen LogP contribution in [0.5, 0.6) is 0 Å². The molecule has 4 rings (SSSR count). The fourth-order valence-electron chi connectivity index (χ4n) is 3.08. The Morgan fingerprint density at radius 3 is 3.00 bits per heavy atom. The summed E-state index contributed by atoms with van der Waals surface area (Å²) >= 11 is 1.62. The summed E-state index contributed by atoms with van der Waals surface area (Å²) in [6, 6.07) is 8.25. The van der Waals surface area contributed by atoms with Gasteiger partial charge in [0.15, 0.2) is 0 Å². The molecular weight excluding hydrogens is 356 g/mol. The van der Waals surface area contributed by atoms with Crippen LogP contribution in [-0.2, 0) is 17.9 Å². The standard InChI is InChI=1S/C21H20N4OS/c1-15-24-20(13-27-15)18-5-6-19(10-18)21(26)23-11-16-3-2-4-17(9-16)12-25-8-7-22-14-25/h2-5,7-10,13-14H,6,11-12H2,1H3,(H,23,26). The van der Waals surface area contributed by atoms with Crippen LogP contribution >= 0.6 is 11.3 Å². The molecule has 5 nitrogen and oxygen atoms in total. The van der Waals surface area contributed by atoms with Gasteiger partial charge < -0.3 is 9.88 Å². The van der Waals surface area contributed by atoms with Crippen molar-refractivity contribution in [2.75, 3.05) is 0 Å².